The van der Waals surface area contributed by atoms with E-state index in [1.165, 1.54) is 12.1 Å². The Balaban J connectivity index is 2.21. The largest absolute Gasteiger partial charge is 0.389 e. The van der Waals surface area contributed by atoms with Gasteiger partial charge < -0.3 is 11.1 Å². The topological polar surface area (TPSA) is 55.1 Å². The molecule has 0 aliphatic heterocycles. The molecule has 0 aromatic heterocycles. The van der Waals surface area contributed by atoms with Crippen LogP contribution in [0.2, 0.25) is 0 Å². The number of nitrogens with two attached hydrogens (primary N) is 1. The van der Waals surface area contributed by atoms with Gasteiger partial charge in [0.1, 0.15) is 4.99 Å². The molecule has 3 nitrogen and oxygen atoms in total. The first-order valence-electron chi connectivity index (χ1n) is 5.63. The summed E-state index contributed by atoms with van der Waals surface area (Å²) in [6, 6.07) is 9.52. The lowest BCUT2D eigenvalue weighted by Gasteiger charge is -2.07. The summed E-state index contributed by atoms with van der Waals surface area (Å²) in [6.07, 6.45) is 0. The summed E-state index contributed by atoms with van der Waals surface area (Å²) in [5.41, 5.74) is 6.52. The van der Waals surface area contributed by atoms with Gasteiger partial charge in [0, 0.05) is 22.9 Å². The molecule has 0 heterocycles. The first-order chi connectivity index (χ1) is 9.47. The predicted octanol–water partition coefficient (Wildman–Crippen LogP) is 2.85. The first-order valence-corrected chi connectivity index (χ1v) is 6.04. The fourth-order valence-corrected chi connectivity index (χ4v) is 1.72. The molecule has 0 aliphatic carbocycles. The van der Waals surface area contributed by atoms with Crippen LogP contribution >= 0.6 is 12.2 Å². The van der Waals surface area contributed by atoms with Gasteiger partial charge in [-0.1, -0.05) is 24.4 Å². The number of hydrogen-bond acceptors (Lipinski definition) is 2. The minimum absolute atomic E-state index is 0.162. The van der Waals surface area contributed by atoms with Gasteiger partial charge >= 0.3 is 0 Å². The summed E-state index contributed by atoms with van der Waals surface area (Å²) >= 11 is 4.82. The molecule has 0 radical (unpaired) electrons. The number of rotatable bonds is 3. The molecule has 0 saturated carbocycles. The molecule has 0 saturated heterocycles. The van der Waals surface area contributed by atoms with Gasteiger partial charge in [-0.05, 0) is 24.3 Å². The smallest absolute Gasteiger partial charge is 0.255 e. The number of anilines is 1. The standard InChI is InChI=1S/C14H10F2N2OS/c15-11-5-4-10(7-12(11)16)18-14(19)9-3-1-2-8(6-9)13(17)20/h1-7H,(H2,17,20)(H,18,19). The lowest BCUT2D eigenvalue weighted by atomic mass is 10.1. The van der Waals surface area contributed by atoms with E-state index >= 15 is 0 Å². The fourth-order valence-electron chi connectivity index (χ4n) is 1.59. The predicted molar refractivity (Wildman–Crippen MR) is 76.6 cm³/mol. The highest BCUT2D eigenvalue weighted by atomic mass is 32.1. The zero-order valence-corrected chi connectivity index (χ0v) is 11.0. The third-order valence-electron chi connectivity index (χ3n) is 2.59. The molecule has 2 aromatic rings. The normalized spacial score (nSPS) is 10.1. The summed E-state index contributed by atoms with van der Waals surface area (Å²) in [5.74, 6) is -2.47. The van der Waals surface area contributed by atoms with Crippen LogP contribution < -0.4 is 11.1 Å². The van der Waals surface area contributed by atoms with E-state index in [1.807, 2.05) is 0 Å². The van der Waals surface area contributed by atoms with Crippen LogP contribution in [0.1, 0.15) is 15.9 Å². The van der Waals surface area contributed by atoms with Crippen LogP contribution in [-0.4, -0.2) is 10.9 Å². The van der Waals surface area contributed by atoms with Gasteiger partial charge in [-0.15, -0.1) is 0 Å². The molecular weight excluding hydrogens is 282 g/mol. The highest BCUT2D eigenvalue weighted by Gasteiger charge is 2.09. The molecule has 20 heavy (non-hydrogen) atoms. The average molecular weight is 292 g/mol. The van der Waals surface area contributed by atoms with Crippen molar-refractivity contribution in [1.29, 1.82) is 0 Å². The Morgan fingerprint density at radius 1 is 1.05 bits per heavy atom. The molecule has 0 unspecified atom stereocenters. The van der Waals surface area contributed by atoms with Crippen LogP contribution in [0, 0.1) is 11.6 Å². The van der Waals surface area contributed by atoms with Crippen molar-refractivity contribution < 1.29 is 13.6 Å². The maximum Gasteiger partial charge on any atom is 0.255 e. The van der Waals surface area contributed by atoms with Crippen LogP contribution in [-0.2, 0) is 0 Å². The van der Waals surface area contributed by atoms with Crippen molar-refractivity contribution in [3.63, 3.8) is 0 Å². The Morgan fingerprint density at radius 2 is 1.75 bits per heavy atom. The molecule has 0 bridgehead atoms. The summed E-state index contributed by atoms with van der Waals surface area (Å²) in [7, 11) is 0. The molecule has 0 aliphatic rings. The van der Waals surface area contributed by atoms with Gasteiger partial charge in [0.15, 0.2) is 11.6 Å². The molecule has 0 fully saturated rings. The van der Waals surface area contributed by atoms with Crippen molar-refractivity contribution in [3.8, 4) is 0 Å². The average Bonchev–Trinajstić information content (AvgIpc) is 2.43. The highest BCUT2D eigenvalue weighted by molar-refractivity contribution is 7.80. The second kappa shape index (κ2) is 5.75. The van der Waals surface area contributed by atoms with Crippen LogP contribution in [0.3, 0.4) is 0 Å². The lowest BCUT2D eigenvalue weighted by molar-refractivity contribution is 0.102. The maximum atomic E-state index is 13.0. The Hall–Kier alpha value is -2.34. The summed E-state index contributed by atoms with van der Waals surface area (Å²) < 4.78 is 25.8. The van der Waals surface area contributed by atoms with Crippen molar-refractivity contribution in [2.24, 2.45) is 5.73 Å². The zero-order valence-electron chi connectivity index (χ0n) is 10.2. The number of benzene rings is 2. The van der Waals surface area contributed by atoms with Crippen molar-refractivity contribution in [1.82, 2.24) is 0 Å². The number of carbonyl (C=O) groups excluding carboxylic acids is 1. The van der Waals surface area contributed by atoms with Crippen LogP contribution in [0.4, 0.5) is 14.5 Å². The minimum atomic E-state index is -1.03. The molecule has 0 atom stereocenters. The van der Waals surface area contributed by atoms with Gasteiger partial charge in [0.25, 0.3) is 5.91 Å². The molecular formula is C14H10F2N2OS. The first kappa shape index (κ1) is 14.1. The van der Waals surface area contributed by atoms with E-state index in [4.69, 9.17) is 18.0 Å². The Bertz CT molecular complexity index is 689. The Kier molecular flexibility index (Phi) is 4.05. The monoisotopic (exact) mass is 292 g/mol. The van der Waals surface area contributed by atoms with E-state index < -0.39 is 17.5 Å². The molecule has 102 valence electrons. The van der Waals surface area contributed by atoms with Crippen molar-refractivity contribution >= 4 is 28.8 Å². The highest BCUT2D eigenvalue weighted by Crippen LogP contribution is 2.15. The van der Waals surface area contributed by atoms with Crippen LogP contribution in [0.25, 0.3) is 0 Å². The maximum absolute atomic E-state index is 13.0. The molecule has 3 N–H and O–H groups in total. The minimum Gasteiger partial charge on any atom is -0.389 e. The van der Waals surface area contributed by atoms with Gasteiger partial charge in [0.2, 0.25) is 0 Å². The zero-order chi connectivity index (χ0) is 14.7. The van der Waals surface area contributed by atoms with Gasteiger partial charge in [-0.2, -0.15) is 0 Å². The molecule has 1 amide bonds. The second-order valence-electron chi connectivity index (χ2n) is 4.03. The van der Waals surface area contributed by atoms with E-state index in [9.17, 15) is 13.6 Å². The second-order valence-corrected chi connectivity index (χ2v) is 4.47. The van der Waals surface area contributed by atoms with E-state index in [-0.39, 0.29) is 10.7 Å². The van der Waals surface area contributed by atoms with Crippen molar-refractivity contribution in [2.45, 2.75) is 0 Å². The quantitative estimate of drug-likeness (QED) is 0.855. The van der Waals surface area contributed by atoms with E-state index in [1.54, 1.807) is 18.2 Å². The summed E-state index contributed by atoms with van der Waals surface area (Å²) in [5, 5.41) is 2.46. The number of thiocarbonyl (C=S) groups is 1. The van der Waals surface area contributed by atoms with E-state index in [2.05, 4.69) is 5.32 Å². The van der Waals surface area contributed by atoms with Crippen molar-refractivity contribution in [2.75, 3.05) is 5.32 Å². The lowest BCUT2D eigenvalue weighted by Crippen LogP contribution is -2.15. The van der Waals surface area contributed by atoms with E-state index in [0.29, 0.717) is 11.1 Å². The molecule has 6 heteroatoms. The van der Waals surface area contributed by atoms with Gasteiger partial charge in [-0.3, -0.25) is 4.79 Å². The van der Waals surface area contributed by atoms with Crippen LogP contribution in [0.15, 0.2) is 42.5 Å². The summed E-state index contributed by atoms with van der Waals surface area (Å²) in [6.45, 7) is 0. The van der Waals surface area contributed by atoms with E-state index in [0.717, 1.165) is 12.1 Å². The SMILES string of the molecule is NC(=S)c1cccc(C(=O)Nc2ccc(F)c(F)c2)c1. The fraction of sp³-hybridized carbons (Fsp3) is 0. The van der Waals surface area contributed by atoms with Crippen molar-refractivity contribution in [3.05, 3.63) is 65.2 Å². The summed E-state index contributed by atoms with van der Waals surface area (Å²) in [4.78, 5) is 12.1. The third kappa shape index (κ3) is 3.16. The molecule has 2 rings (SSSR count). The van der Waals surface area contributed by atoms with Crippen LogP contribution in [0.5, 0.6) is 0 Å². The Labute approximate surface area is 119 Å². The number of nitrogens with one attached hydrogen (secondary N) is 1. The number of halogens is 2. The molecule has 0 spiro atoms. The molecule has 2 aromatic carbocycles. The number of amides is 1. The number of carbonyl (C=O) groups is 1. The van der Waals surface area contributed by atoms with Gasteiger partial charge in [0.05, 0.1) is 0 Å². The number of hydrogen-bond donors (Lipinski definition) is 2. The Morgan fingerprint density at radius 3 is 2.40 bits per heavy atom. The third-order valence-corrected chi connectivity index (χ3v) is 2.82. The van der Waals surface area contributed by atoms with Gasteiger partial charge in [-0.25, -0.2) is 8.78 Å².